The Bertz CT molecular complexity index is 379. The molecule has 1 aromatic carbocycles. The molecule has 0 bridgehead atoms. The Morgan fingerprint density at radius 3 is 2.72 bits per heavy atom. The topological polar surface area (TPSA) is 62.3 Å². The highest BCUT2D eigenvalue weighted by Crippen LogP contribution is 2.18. The summed E-state index contributed by atoms with van der Waals surface area (Å²) < 4.78 is 5.33. The zero-order chi connectivity index (χ0) is 13.4. The summed E-state index contributed by atoms with van der Waals surface area (Å²) in [5.41, 5.74) is 6.53. The third-order valence-electron chi connectivity index (χ3n) is 2.87. The molecule has 0 aliphatic rings. The number of nitrogens with two attached hydrogens (primary N) is 1. The Morgan fingerprint density at radius 2 is 2.06 bits per heavy atom. The second kappa shape index (κ2) is 7.71. The quantitative estimate of drug-likeness (QED) is 0.422. The highest BCUT2D eigenvalue weighted by molar-refractivity contribution is 5.76. The maximum absolute atomic E-state index is 7.16. The van der Waals surface area contributed by atoms with E-state index in [-0.39, 0.29) is 5.84 Å². The Labute approximate surface area is 109 Å². The molecule has 0 fully saturated rings. The van der Waals surface area contributed by atoms with E-state index >= 15 is 0 Å². The van der Waals surface area contributed by atoms with E-state index in [1.165, 1.54) is 5.56 Å². The van der Waals surface area contributed by atoms with E-state index in [1.54, 1.807) is 7.11 Å². The van der Waals surface area contributed by atoms with Gasteiger partial charge >= 0.3 is 0 Å². The monoisotopic (exact) mass is 249 g/mol. The fourth-order valence-electron chi connectivity index (χ4n) is 1.90. The fourth-order valence-corrected chi connectivity index (χ4v) is 1.90. The molecule has 0 amide bonds. The van der Waals surface area contributed by atoms with Crippen molar-refractivity contribution in [2.75, 3.05) is 20.7 Å². The number of hydrogen-bond donors (Lipinski definition) is 2. The number of benzene rings is 1. The van der Waals surface area contributed by atoms with E-state index in [2.05, 4.69) is 18.0 Å². The van der Waals surface area contributed by atoms with Gasteiger partial charge < -0.3 is 15.4 Å². The molecule has 0 heterocycles. The van der Waals surface area contributed by atoms with Gasteiger partial charge in [0.05, 0.1) is 12.9 Å². The molecule has 0 aliphatic heterocycles. The first kappa shape index (κ1) is 14.5. The van der Waals surface area contributed by atoms with Crippen LogP contribution >= 0.6 is 0 Å². The first-order valence-electron chi connectivity index (χ1n) is 6.27. The molecule has 1 rings (SSSR count). The first-order valence-corrected chi connectivity index (χ1v) is 6.27. The highest BCUT2D eigenvalue weighted by Gasteiger charge is 2.05. The molecule has 0 radical (unpaired) electrons. The number of nitrogens with one attached hydrogen (secondary N) is 1. The molecule has 3 N–H and O–H groups in total. The number of rotatable bonds is 8. The lowest BCUT2D eigenvalue weighted by molar-refractivity contribution is 0.311. The van der Waals surface area contributed by atoms with Gasteiger partial charge in [0, 0.05) is 18.5 Å². The molecule has 0 aromatic heterocycles. The van der Waals surface area contributed by atoms with Crippen LogP contribution in [0, 0.1) is 5.41 Å². The smallest absolute Gasteiger partial charge is 0.123 e. The molecule has 0 aliphatic carbocycles. The molecule has 0 atom stereocenters. The van der Waals surface area contributed by atoms with Crippen LogP contribution in [-0.4, -0.2) is 31.4 Å². The minimum atomic E-state index is 0.280. The van der Waals surface area contributed by atoms with Crippen molar-refractivity contribution in [3.05, 3.63) is 29.8 Å². The Hall–Kier alpha value is -1.55. The standard InChI is InChI=1S/C14H23N3O/c1-17(10-6-5-9-14(15)16)11-12-7-3-4-8-13(12)18-2/h3-4,7-8H,5-6,9-11H2,1-2H3,(H3,15,16). The summed E-state index contributed by atoms with van der Waals surface area (Å²) in [5.74, 6) is 1.22. The van der Waals surface area contributed by atoms with Crippen molar-refractivity contribution >= 4 is 5.84 Å². The molecule has 0 saturated heterocycles. The maximum Gasteiger partial charge on any atom is 0.123 e. The van der Waals surface area contributed by atoms with Gasteiger partial charge in [-0.2, -0.15) is 0 Å². The van der Waals surface area contributed by atoms with Crippen molar-refractivity contribution < 1.29 is 4.74 Å². The number of unbranched alkanes of at least 4 members (excludes halogenated alkanes) is 1. The van der Waals surface area contributed by atoms with E-state index in [0.29, 0.717) is 6.42 Å². The number of methoxy groups -OCH3 is 1. The van der Waals surface area contributed by atoms with Crippen LogP contribution < -0.4 is 10.5 Å². The van der Waals surface area contributed by atoms with Gasteiger partial charge in [0.2, 0.25) is 0 Å². The molecule has 0 saturated carbocycles. The van der Waals surface area contributed by atoms with Crippen molar-refractivity contribution in [3.63, 3.8) is 0 Å². The molecule has 4 heteroatoms. The Kier molecular flexibility index (Phi) is 6.22. The van der Waals surface area contributed by atoms with Gasteiger partial charge in [0.1, 0.15) is 5.75 Å². The molecule has 100 valence electrons. The lowest BCUT2D eigenvalue weighted by atomic mass is 10.1. The molecule has 0 unspecified atom stereocenters. The average molecular weight is 249 g/mol. The zero-order valence-electron chi connectivity index (χ0n) is 11.3. The van der Waals surface area contributed by atoms with Gasteiger partial charge in [-0.15, -0.1) is 0 Å². The van der Waals surface area contributed by atoms with E-state index < -0.39 is 0 Å². The van der Waals surface area contributed by atoms with Crippen molar-refractivity contribution in [1.82, 2.24) is 4.90 Å². The van der Waals surface area contributed by atoms with E-state index in [4.69, 9.17) is 15.9 Å². The van der Waals surface area contributed by atoms with Crippen molar-refractivity contribution in [2.24, 2.45) is 5.73 Å². The SMILES string of the molecule is COc1ccccc1CN(C)CCCCC(=N)N. The summed E-state index contributed by atoms with van der Waals surface area (Å²) in [7, 11) is 3.80. The molecular weight excluding hydrogens is 226 g/mol. The number of amidine groups is 1. The Morgan fingerprint density at radius 1 is 1.33 bits per heavy atom. The summed E-state index contributed by atoms with van der Waals surface area (Å²) in [6, 6.07) is 8.08. The predicted octanol–water partition coefficient (Wildman–Crippen LogP) is 2.23. The predicted molar refractivity (Wildman–Crippen MR) is 75.1 cm³/mol. The summed E-state index contributed by atoms with van der Waals surface area (Å²) >= 11 is 0. The normalized spacial score (nSPS) is 10.6. The zero-order valence-corrected chi connectivity index (χ0v) is 11.3. The number of ether oxygens (including phenoxy) is 1. The summed E-state index contributed by atoms with van der Waals surface area (Å²) in [6.45, 7) is 1.88. The third kappa shape index (κ3) is 5.19. The average Bonchev–Trinajstić information content (AvgIpc) is 2.35. The maximum atomic E-state index is 7.16. The second-order valence-electron chi connectivity index (χ2n) is 4.53. The van der Waals surface area contributed by atoms with Gasteiger partial charge in [-0.05, 0) is 32.5 Å². The van der Waals surface area contributed by atoms with E-state index in [1.807, 2.05) is 18.2 Å². The van der Waals surface area contributed by atoms with Crippen LogP contribution in [-0.2, 0) is 6.54 Å². The van der Waals surface area contributed by atoms with Gasteiger partial charge in [0.15, 0.2) is 0 Å². The van der Waals surface area contributed by atoms with Crippen LogP contribution in [0.4, 0.5) is 0 Å². The van der Waals surface area contributed by atoms with Crippen LogP contribution in [0.15, 0.2) is 24.3 Å². The highest BCUT2D eigenvalue weighted by atomic mass is 16.5. The molecular formula is C14H23N3O. The van der Waals surface area contributed by atoms with Crippen molar-refractivity contribution in [2.45, 2.75) is 25.8 Å². The summed E-state index contributed by atoms with van der Waals surface area (Å²) in [4.78, 5) is 2.26. The lowest BCUT2D eigenvalue weighted by Crippen LogP contribution is -2.20. The summed E-state index contributed by atoms with van der Waals surface area (Å²) in [6.07, 6.45) is 2.74. The third-order valence-corrected chi connectivity index (χ3v) is 2.87. The molecule has 0 spiro atoms. The van der Waals surface area contributed by atoms with E-state index in [0.717, 1.165) is 31.7 Å². The van der Waals surface area contributed by atoms with Gasteiger partial charge in [-0.25, -0.2) is 0 Å². The number of para-hydroxylation sites is 1. The minimum absolute atomic E-state index is 0.280. The number of nitrogens with zero attached hydrogens (tertiary/aromatic N) is 1. The van der Waals surface area contributed by atoms with Gasteiger partial charge in [0.25, 0.3) is 0 Å². The van der Waals surface area contributed by atoms with E-state index in [9.17, 15) is 0 Å². The van der Waals surface area contributed by atoms with Crippen LogP contribution in [0.2, 0.25) is 0 Å². The van der Waals surface area contributed by atoms with Crippen molar-refractivity contribution in [3.8, 4) is 5.75 Å². The number of hydrogen-bond acceptors (Lipinski definition) is 3. The minimum Gasteiger partial charge on any atom is -0.496 e. The lowest BCUT2D eigenvalue weighted by Gasteiger charge is -2.18. The van der Waals surface area contributed by atoms with Crippen molar-refractivity contribution in [1.29, 1.82) is 5.41 Å². The second-order valence-corrected chi connectivity index (χ2v) is 4.53. The van der Waals surface area contributed by atoms with Crippen LogP contribution in [0.25, 0.3) is 0 Å². The van der Waals surface area contributed by atoms with Crippen LogP contribution in [0.3, 0.4) is 0 Å². The first-order chi connectivity index (χ1) is 8.63. The van der Waals surface area contributed by atoms with Gasteiger partial charge in [-0.1, -0.05) is 18.2 Å². The van der Waals surface area contributed by atoms with Crippen LogP contribution in [0.1, 0.15) is 24.8 Å². The largest absolute Gasteiger partial charge is 0.496 e. The van der Waals surface area contributed by atoms with Crippen LogP contribution in [0.5, 0.6) is 5.75 Å². The van der Waals surface area contributed by atoms with Gasteiger partial charge in [-0.3, -0.25) is 5.41 Å². The molecule has 18 heavy (non-hydrogen) atoms. The fraction of sp³-hybridized carbons (Fsp3) is 0.500. The molecule has 4 nitrogen and oxygen atoms in total. The Balaban J connectivity index is 2.35. The molecule has 1 aromatic rings. The summed E-state index contributed by atoms with van der Waals surface area (Å²) in [5, 5.41) is 7.16.